The van der Waals surface area contributed by atoms with Crippen molar-refractivity contribution in [1.82, 2.24) is 15.2 Å². The van der Waals surface area contributed by atoms with Gasteiger partial charge in [-0.2, -0.15) is 0 Å². The molecule has 0 bridgehead atoms. The van der Waals surface area contributed by atoms with Gasteiger partial charge in [0.25, 0.3) is 11.8 Å². The fourth-order valence-electron chi connectivity index (χ4n) is 5.16. The predicted molar refractivity (Wildman–Crippen MR) is 177 cm³/mol. The number of aliphatic carboxylic acids is 1. The van der Waals surface area contributed by atoms with Crippen molar-refractivity contribution in [1.29, 1.82) is 0 Å². The Morgan fingerprint density at radius 1 is 0.891 bits per heavy atom. The summed E-state index contributed by atoms with van der Waals surface area (Å²) in [5, 5.41) is 18.5. The standard InChI is InChI=1S/C34H33ClN6O5/c1-22-4-6-23(7-5-22)28(20-31(42)43)38-32(44)24-8-13-30(29(19-24)39-34(46)37-27-11-9-26(35)10-12-27)40-15-17-41(18-16-40)33(45)25-3-2-14-36-21-25/h2-14,19,21,28H,15-18,20H2,1H3,(H,38,44)(H,42,43)(H2,37,39,46). The van der Waals surface area contributed by atoms with E-state index in [1.807, 2.05) is 24.0 Å². The number of rotatable bonds is 9. The number of carboxylic acids is 1. The van der Waals surface area contributed by atoms with Crippen LogP contribution in [0.3, 0.4) is 0 Å². The third-order valence-corrected chi connectivity index (χ3v) is 7.84. The van der Waals surface area contributed by atoms with E-state index in [9.17, 15) is 24.3 Å². The van der Waals surface area contributed by atoms with Crippen LogP contribution in [0.25, 0.3) is 0 Å². The van der Waals surface area contributed by atoms with E-state index in [4.69, 9.17) is 11.6 Å². The van der Waals surface area contributed by atoms with Gasteiger partial charge in [-0.25, -0.2) is 4.79 Å². The van der Waals surface area contributed by atoms with E-state index in [1.165, 1.54) is 0 Å². The fraction of sp³-hybridized carbons (Fsp3) is 0.206. The van der Waals surface area contributed by atoms with E-state index in [0.717, 1.165) is 5.56 Å². The molecule has 46 heavy (non-hydrogen) atoms. The summed E-state index contributed by atoms with van der Waals surface area (Å²) in [5.41, 5.74) is 3.98. The van der Waals surface area contributed by atoms with Gasteiger partial charge in [0.2, 0.25) is 0 Å². The Kier molecular flexibility index (Phi) is 10.1. The summed E-state index contributed by atoms with van der Waals surface area (Å²) in [4.78, 5) is 59.0. The van der Waals surface area contributed by atoms with E-state index in [0.29, 0.717) is 59.4 Å². The second-order valence-electron chi connectivity index (χ2n) is 10.9. The molecule has 1 atom stereocenters. The van der Waals surface area contributed by atoms with E-state index in [-0.39, 0.29) is 17.9 Å². The second-order valence-corrected chi connectivity index (χ2v) is 11.3. The summed E-state index contributed by atoms with van der Waals surface area (Å²) in [5.74, 6) is -1.65. The first-order valence-corrected chi connectivity index (χ1v) is 15.0. The Balaban J connectivity index is 1.37. The second kappa shape index (κ2) is 14.6. The first-order chi connectivity index (χ1) is 22.2. The molecule has 1 aliphatic rings. The fourth-order valence-corrected chi connectivity index (χ4v) is 5.29. The van der Waals surface area contributed by atoms with Gasteiger partial charge in [-0.1, -0.05) is 41.4 Å². The van der Waals surface area contributed by atoms with Crippen LogP contribution in [0.4, 0.5) is 21.9 Å². The van der Waals surface area contributed by atoms with Crippen molar-refractivity contribution < 1.29 is 24.3 Å². The smallest absolute Gasteiger partial charge is 0.323 e. The number of aryl methyl sites for hydroxylation is 1. The van der Waals surface area contributed by atoms with Crippen molar-refractivity contribution in [2.24, 2.45) is 0 Å². The van der Waals surface area contributed by atoms with Crippen LogP contribution in [-0.2, 0) is 4.79 Å². The molecule has 2 heterocycles. The average molecular weight is 641 g/mol. The van der Waals surface area contributed by atoms with Gasteiger partial charge in [0.05, 0.1) is 29.4 Å². The maximum atomic E-state index is 13.5. The Labute approximate surface area is 271 Å². The highest BCUT2D eigenvalue weighted by Gasteiger charge is 2.25. The van der Waals surface area contributed by atoms with Crippen LogP contribution in [0.2, 0.25) is 5.02 Å². The monoisotopic (exact) mass is 640 g/mol. The topological polar surface area (TPSA) is 144 Å². The van der Waals surface area contributed by atoms with Crippen molar-refractivity contribution in [3.05, 3.63) is 119 Å². The molecular weight excluding hydrogens is 608 g/mol. The number of amides is 4. The van der Waals surface area contributed by atoms with Gasteiger partial charge in [0.1, 0.15) is 0 Å². The van der Waals surface area contributed by atoms with Crippen LogP contribution in [0, 0.1) is 6.92 Å². The quantitative estimate of drug-likeness (QED) is 0.187. The van der Waals surface area contributed by atoms with Gasteiger partial charge in [-0.15, -0.1) is 0 Å². The van der Waals surface area contributed by atoms with Crippen LogP contribution in [0.5, 0.6) is 0 Å². The number of carbonyl (C=O) groups is 4. The normalized spacial score (nSPS) is 13.4. The molecule has 0 saturated carbocycles. The molecule has 4 aromatic rings. The van der Waals surface area contributed by atoms with E-state index >= 15 is 0 Å². The molecule has 1 aromatic heterocycles. The van der Waals surface area contributed by atoms with E-state index < -0.39 is 23.9 Å². The zero-order valence-electron chi connectivity index (χ0n) is 25.1. The number of pyridine rings is 1. The van der Waals surface area contributed by atoms with Gasteiger partial charge < -0.3 is 30.9 Å². The summed E-state index contributed by atoms with van der Waals surface area (Å²) < 4.78 is 0. The van der Waals surface area contributed by atoms with Gasteiger partial charge in [0, 0.05) is 54.8 Å². The Morgan fingerprint density at radius 2 is 1.61 bits per heavy atom. The lowest BCUT2D eigenvalue weighted by atomic mass is 10.0. The molecule has 1 aliphatic heterocycles. The molecule has 4 amide bonds. The number of nitrogens with zero attached hydrogens (tertiary/aromatic N) is 3. The molecule has 3 aromatic carbocycles. The number of carbonyl (C=O) groups excluding carboxylic acids is 3. The molecule has 1 unspecified atom stereocenters. The summed E-state index contributed by atoms with van der Waals surface area (Å²) in [6.45, 7) is 3.78. The van der Waals surface area contributed by atoms with Crippen molar-refractivity contribution in [2.45, 2.75) is 19.4 Å². The van der Waals surface area contributed by atoms with Gasteiger partial charge >= 0.3 is 12.0 Å². The summed E-state index contributed by atoms with van der Waals surface area (Å²) in [6.07, 6.45) is 2.86. The van der Waals surface area contributed by atoms with Crippen LogP contribution < -0.4 is 20.9 Å². The van der Waals surface area contributed by atoms with Crippen molar-refractivity contribution in [3.63, 3.8) is 0 Å². The number of anilines is 3. The molecular formula is C34H33ClN6O5. The molecule has 11 nitrogen and oxygen atoms in total. The van der Waals surface area contributed by atoms with Gasteiger partial charge in [-0.3, -0.25) is 19.4 Å². The molecule has 4 N–H and O–H groups in total. The number of carboxylic acid groups (broad SMARTS) is 1. The van der Waals surface area contributed by atoms with E-state index in [1.54, 1.807) is 84.0 Å². The minimum Gasteiger partial charge on any atom is -0.481 e. The minimum absolute atomic E-state index is 0.107. The van der Waals surface area contributed by atoms with Crippen LogP contribution >= 0.6 is 11.6 Å². The van der Waals surface area contributed by atoms with Gasteiger partial charge in [-0.05, 0) is 67.1 Å². The lowest BCUT2D eigenvalue weighted by Crippen LogP contribution is -2.49. The predicted octanol–water partition coefficient (Wildman–Crippen LogP) is 5.60. The Morgan fingerprint density at radius 3 is 2.26 bits per heavy atom. The number of nitrogens with one attached hydrogen (secondary N) is 3. The summed E-state index contributed by atoms with van der Waals surface area (Å²) in [6, 6.07) is 21.0. The largest absolute Gasteiger partial charge is 0.481 e. The number of urea groups is 1. The van der Waals surface area contributed by atoms with Crippen LogP contribution in [0.15, 0.2) is 91.3 Å². The van der Waals surface area contributed by atoms with Crippen molar-refractivity contribution >= 4 is 52.5 Å². The Hall–Kier alpha value is -5.42. The van der Waals surface area contributed by atoms with Crippen molar-refractivity contribution in [3.8, 4) is 0 Å². The number of benzene rings is 3. The number of hydrogen-bond donors (Lipinski definition) is 4. The maximum Gasteiger partial charge on any atom is 0.323 e. The maximum absolute atomic E-state index is 13.5. The highest BCUT2D eigenvalue weighted by Crippen LogP contribution is 2.30. The Bertz CT molecular complexity index is 1710. The third kappa shape index (κ3) is 8.19. The molecule has 0 spiro atoms. The first-order valence-electron chi connectivity index (χ1n) is 14.7. The molecule has 1 saturated heterocycles. The number of aromatic nitrogens is 1. The summed E-state index contributed by atoms with van der Waals surface area (Å²) >= 11 is 5.97. The number of piperazine rings is 1. The third-order valence-electron chi connectivity index (χ3n) is 7.59. The average Bonchev–Trinajstić information content (AvgIpc) is 3.06. The van der Waals surface area contributed by atoms with Gasteiger partial charge in [0.15, 0.2) is 0 Å². The first kappa shape index (κ1) is 32.0. The minimum atomic E-state index is -1.05. The number of halogens is 1. The lowest BCUT2D eigenvalue weighted by Gasteiger charge is -2.37. The highest BCUT2D eigenvalue weighted by molar-refractivity contribution is 6.30. The molecule has 1 fully saturated rings. The highest BCUT2D eigenvalue weighted by atomic mass is 35.5. The van der Waals surface area contributed by atoms with E-state index in [2.05, 4.69) is 20.9 Å². The van der Waals surface area contributed by atoms with Crippen LogP contribution in [0.1, 0.15) is 44.3 Å². The molecule has 5 rings (SSSR count). The number of hydrogen-bond acceptors (Lipinski definition) is 6. The van der Waals surface area contributed by atoms with Crippen molar-refractivity contribution in [2.75, 3.05) is 41.7 Å². The zero-order chi connectivity index (χ0) is 32.6. The zero-order valence-corrected chi connectivity index (χ0v) is 25.8. The molecule has 12 heteroatoms. The van der Waals surface area contributed by atoms with Crippen LogP contribution in [-0.4, -0.2) is 65.0 Å². The SMILES string of the molecule is Cc1ccc(C(CC(=O)O)NC(=O)c2ccc(N3CCN(C(=O)c4cccnc4)CC3)c(NC(=O)Nc3ccc(Cl)cc3)c2)cc1. The molecule has 0 aliphatic carbocycles. The molecule has 236 valence electrons. The lowest BCUT2D eigenvalue weighted by molar-refractivity contribution is -0.137. The summed E-state index contributed by atoms with van der Waals surface area (Å²) in [7, 11) is 0. The molecule has 0 radical (unpaired) electrons.